The molecule has 5 heteroatoms. The SMILES string of the molecule is COC(=N)C(=N)Nc1ccc(OC)cc1. The second-order valence-corrected chi connectivity index (χ2v) is 2.76. The van der Waals surface area contributed by atoms with Gasteiger partial charge in [-0.1, -0.05) is 0 Å². The van der Waals surface area contributed by atoms with Crippen molar-refractivity contribution < 1.29 is 9.47 Å². The first-order chi connectivity index (χ1) is 7.17. The maximum Gasteiger partial charge on any atom is 0.249 e. The van der Waals surface area contributed by atoms with Gasteiger partial charge in [0.05, 0.1) is 14.2 Å². The minimum atomic E-state index is -0.203. The third-order valence-electron chi connectivity index (χ3n) is 1.79. The lowest BCUT2D eigenvalue weighted by Crippen LogP contribution is -2.22. The van der Waals surface area contributed by atoms with Gasteiger partial charge in [0.2, 0.25) is 5.90 Å². The summed E-state index contributed by atoms with van der Waals surface area (Å²) in [7, 11) is 2.94. The molecular weight excluding hydrogens is 194 g/mol. The van der Waals surface area contributed by atoms with E-state index in [9.17, 15) is 0 Å². The molecule has 0 saturated carbocycles. The number of benzene rings is 1. The summed E-state index contributed by atoms with van der Waals surface area (Å²) in [6.45, 7) is 0. The van der Waals surface area contributed by atoms with Gasteiger partial charge < -0.3 is 14.8 Å². The molecule has 0 radical (unpaired) electrons. The van der Waals surface area contributed by atoms with E-state index in [0.717, 1.165) is 5.75 Å². The molecule has 1 aromatic carbocycles. The fraction of sp³-hybridized carbons (Fsp3) is 0.200. The number of methoxy groups -OCH3 is 2. The van der Waals surface area contributed by atoms with Crippen molar-refractivity contribution in [2.75, 3.05) is 19.5 Å². The summed E-state index contributed by atoms with van der Waals surface area (Å²) in [4.78, 5) is 0. The zero-order chi connectivity index (χ0) is 11.3. The van der Waals surface area contributed by atoms with Crippen molar-refractivity contribution in [3.05, 3.63) is 24.3 Å². The molecule has 0 bridgehead atoms. The molecule has 0 aliphatic carbocycles. The molecule has 15 heavy (non-hydrogen) atoms. The molecule has 0 spiro atoms. The number of nitrogens with one attached hydrogen (secondary N) is 3. The lowest BCUT2D eigenvalue weighted by molar-refractivity contribution is 0.407. The highest BCUT2D eigenvalue weighted by Crippen LogP contribution is 2.14. The number of ether oxygens (including phenoxy) is 2. The van der Waals surface area contributed by atoms with Crippen LogP contribution in [0.25, 0.3) is 0 Å². The van der Waals surface area contributed by atoms with E-state index in [-0.39, 0.29) is 11.7 Å². The zero-order valence-corrected chi connectivity index (χ0v) is 8.63. The summed E-state index contributed by atoms with van der Waals surface area (Å²) >= 11 is 0. The highest BCUT2D eigenvalue weighted by Gasteiger charge is 2.04. The molecule has 0 atom stereocenters. The Balaban J connectivity index is 2.65. The van der Waals surface area contributed by atoms with Gasteiger partial charge in [0.15, 0.2) is 5.84 Å². The van der Waals surface area contributed by atoms with Crippen molar-refractivity contribution >= 4 is 17.4 Å². The normalized spacial score (nSPS) is 9.20. The molecule has 0 saturated heterocycles. The Bertz CT molecular complexity index is 359. The molecule has 1 aromatic rings. The first-order valence-electron chi connectivity index (χ1n) is 4.30. The number of amidine groups is 1. The van der Waals surface area contributed by atoms with Crippen LogP contribution in [0, 0.1) is 10.8 Å². The molecule has 0 aliphatic heterocycles. The van der Waals surface area contributed by atoms with Crippen molar-refractivity contribution in [2.24, 2.45) is 0 Å². The average molecular weight is 207 g/mol. The van der Waals surface area contributed by atoms with Crippen molar-refractivity contribution in [3.63, 3.8) is 0 Å². The topological polar surface area (TPSA) is 78.2 Å². The van der Waals surface area contributed by atoms with Crippen LogP contribution in [0.2, 0.25) is 0 Å². The Morgan fingerprint density at radius 3 is 2.20 bits per heavy atom. The van der Waals surface area contributed by atoms with Gasteiger partial charge in [0.25, 0.3) is 0 Å². The van der Waals surface area contributed by atoms with Gasteiger partial charge >= 0.3 is 0 Å². The van der Waals surface area contributed by atoms with E-state index in [0.29, 0.717) is 5.69 Å². The van der Waals surface area contributed by atoms with Gasteiger partial charge in [0, 0.05) is 5.69 Å². The van der Waals surface area contributed by atoms with Crippen LogP contribution in [0.15, 0.2) is 24.3 Å². The molecular formula is C10H13N3O2. The van der Waals surface area contributed by atoms with Crippen LogP contribution in [-0.2, 0) is 4.74 Å². The second-order valence-electron chi connectivity index (χ2n) is 2.76. The third kappa shape index (κ3) is 2.98. The van der Waals surface area contributed by atoms with E-state index in [2.05, 4.69) is 10.1 Å². The van der Waals surface area contributed by atoms with Gasteiger partial charge in [-0.3, -0.25) is 10.8 Å². The number of rotatable bonds is 2. The van der Waals surface area contributed by atoms with Gasteiger partial charge in [-0.2, -0.15) is 0 Å². The summed E-state index contributed by atoms with van der Waals surface area (Å²) in [5.41, 5.74) is 0.711. The van der Waals surface area contributed by atoms with Crippen LogP contribution >= 0.6 is 0 Å². The van der Waals surface area contributed by atoms with E-state index in [4.69, 9.17) is 15.6 Å². The molecule has 0 aromatic heterocycles. The summed E-state index contributed by atoms with van der Waals surface area (Å²) in [6, 6.07) is 7.06. The Kier molecular flexibility index (Phi) is 3.68. The molecule has 3 N–H and O–H groups in total. The van der Waals surface area contributed by atoms with Crippen molar-refractivity contribution in [2.45, 2.75) is 0 Å². The summed E-state index contributed by atoms with van der Waals surface area (Å²) in [5.74, 6) is 0.461. The third-order valence-corrected chi connectivity index (χ3v) is 1.79. The van der Waals surface area contributed by atoms with Crippen LogP contribution in [0.1, 0.15) is 0 Å². The highest BCUT2D eigenvalue weighted by atomic mass is 16.5. The maximum atomic E-state index is 7.44. The molecule has 0 unspecified atom stereocenters. The van der Waals surface area contributed by atoms with Crippen LogP contribution in [0.3, 0.4) is 0 Å². The largest absolute Gasteiger partial charge is 0.497 e. The van der Waals surface area contributed by atoms with Gasteiger partial charge in [0.1, 0.15) is 5.75 Å². The van der Waals surface area contributed by atoms with Gasteiger partial charge in [-0.15, -0.1) is 0 Å². The zero-order valence-electron chi connectivity index (χ0n) is 8.63. The molecule has 0 heterocycles. The lowest BCUT2D eigenvalue weighted by Gasteiger charge is -2.08. The second kappa shape index (κ2) is 4.99. The van der Waals surface area contributed by atoms with E-state index in [1.165, 1.54) is 7.11 Å². The van der Waals surface area contributed by atoms with E-state index in [1.54, 1.807) is 31.4 Å². The van der Waals surface area contributed by atoms with Crippen molar-refractivity contribution in [1.82, 2.24) is 0 Å². The Hall–Kier alpha value is -2.04. The molecule has 0 fully saturated rings. The fourth-order valence-electron chi connectivity index (χ4n) is 0.978. The van der Waals surface area contributed by atoms with Crippen LogP contribution < -0.4 is 10.1 Å². The first-order valence-corrected chi connectivity index (χ1v) is 4.30. The molecule has 5 nitrogen and oxygen atoms in total. The molecule has 1 rings (SSSR count). The van der Waals surface area contributed by atoms with Crippen LogP contribution in [-0.4, -0.2) is 26.0 Å². The van der Waals surface area contributed by atoms with Gasteiger partial charge in [-0.05, 0) is 24.3 Å². The highest BCUT2D eigenvalue weighted by molar-refractivity contribution is 6.39. The monoisotopic (exact) mass is 207 g/mol. The van der Waals surface area contributed by atoms with Crippen molar-refractivity contribution in [1.29, 1.82) is 10.8 Å². The Morgan fingerprint density at radius 1 is 1.13 bits per heavy atom. The number of hydrogen-bond donors (Lipinski definition) is 3. The number of hydrogen-bond acceptors (Lipinski definition) is 4. The predicted molar refractivity (Wildman–Crippen MR) is 59.1 cm³/mol. The summed E-state index contributed by atoms with van der Waals surface area (Å²) < 4.78 is 9.60. The van der Waals surface area contributed by atoms with Crippen LogP contribution in [0.5, 0.6) is 5.75 Å². The minimum Gasteiger partial charge on any atom is -0.497 e. The minimum absolute atomic E-state index is 0.0809. The molecule has 80 valence electrons. The molecule has 0 amide bonds. The van der Waals surface area contributed by atoms with Crippen molar-refractivity contribution in [3.8, 4) is 5.75 Å². The molecule has 0 aliphatic rings. The lowest BCUT2D eigenvalue weighted by atomic mass is 10.3. The van der Waals surface area contributed by atoms with Gasteiger partial charge in [-0.25, -0.2) is 0 Å². The summed E-state index contributed by atoms with van der Waals surface area (Å²) in [5, 5.41) is 17.4. The Labute approximate surface area is 88.0 Å². The number of anilines is 1. The maximum absolute atomic E-state index is 7.44. The summed E-state index contributed by atoms with van der Waals surface area (Å²) in [6.07, 6.45) is 0. The van der Waals surface area contributed by atoms with E-state index >= 15 is 0 Å². The first kappa shape index (κ1) is 11.0. The average Bonchev–Trinajstić information content (AvgIpc) is 2.29. The predicted octanol–water partition coefficient (Wildman–Crippen LogP) is 1.71. The standard InChI is InChI=1S/C10H13N3O2/c1-14-8-5-3-7(4-6-8)13-9(11)10(12)15-2/h3-6,12H,1-2H3,(H2,11,13). The Morgan fingerprint density at radius 2 is 1.73 bits per heavy atom. The quantitative estimate of drug-likeness (QED) is 0.510. The van der Waals surface area contributed by atoms with Crippen LogP contribution in [0.4, 0.5) is 5.69 Å². The fourth-order valence-corrected chi connectivity index (χ4v) is 0.978. The van der Waals surface area contributed by atoms with E-state index in [1.807, 2.05) is 0 Å². The van der Waals surface area contributed by atoms with E-state index < -0.39 is 0 Å². The smallest absolute Gasteiger partial charge is 0.249 e.